The van der Waals surface area contributed by atoms with Gasteiger partial charge in [0.15, 0.2) is 0 Å². The molecule has 32 heavy (non-hydrogen) atoms. The number of benzene rings is 3. The van der Waals surface area contributed by atoms with E-state index < -0.39 is 21.7 Å². The van der Waals surface area contributed by atoms with E-state index in [1.54, 1.807) is 36.4 Å². The highest BCUT2D eigenvalue weighted by Crippen LogP contribution is 2.15. The van der Waals surface area contributed by atoms with E-state index in [0.29, 0.717) is 11.0 Å². The second kappa shape index (κ2) is 8.64. The van der Waals surface area contributed by atoms with Crippen molar-refractivity contribution in [2.75, 3.05) is 5.32 Å². The molecule has 1 amide bonds. The van der Waals surface area contributed by atoms with Crippen LogP contribution in [-0.4, -0.2) is 14.3 Å². The first-order valence-corrected chi connectivity index (χ1v) is 11.0. The molecule has 4 aromatic rings. The summed E-state index contributed by atoms with van der Waals surface area (Å²) in [7, 11) is -3.99. The summed E-state index contributed by atoms with van der Waals surface area (Å²) in [4.78, 5) is 15.0. The number of para-hydroxylation sites is 1. The summed E-state index contributed by atoms with van der Waals surface area (Å²) in [6.45, 7) is 1.84. The molecule has 0 fully saturated rings. The summed E-state index contributed by atoms with van der Waals surface area (Å²) in [5, 5.41) is 7.04. The van der Waals surface area contributed by atoms with Crippen molar-refractivity contribution in [1.29, 1.82) is 0 Å². The van der Waals surface area contributed by atoms with Gasteiger partial charge in [-0.1, -0.05) is 42.0 Å². The summed E-state index contributed by atoms with van der Waals surface area (Å²) in [5.41, 5.74) is 1.27. The highest BCUT2D eigenvalue weighted by Gasteiger charge is 2.16. The molecule has 0 atom stereocenters. The number of anilines is 1. The zero-order valence-corrected chi connectivity index (χ0v) is 17.7. The van der Waals surface area contributed by atoms with Gasteiger partial charge in [-0.05, 0) is 49.4 Å². The fourth-order valence-corrected chi connectivity index (χ4v) is 3.75. The van der Waals surface area contributed by atoms with Crippen molar-refractivity contribution in [2.45, 2.75) is 11.8 Å². The molecular formula is C23H18FN3O4S. The molecule has 0 saturated heterocycles. The second-order valence-electron chi connectivity index (χ2n) is 6.99. The van der Waals surface area contributed by atoms with Crippen molar-refractivity contribution in [2.24, 2.45) is 5.10 Å². The van der Waals surface area contributed by atoms with Crippen molar-refractivity contribution in [3.05, 3.63) is 101 Å². The Kier molecular flexibility index (Phi) is 5.74. The van der Waals surface area contributed by atoms with Gasteiger partial charge in [0.2, 0.25) is 5.55 Å². The lowest BCUT2D eigenvalue weighted by Gasteiger charge is -2.08. The van der Waals surface area contributed by atoms with Crippen molar-refractivity contribution < 1.29 is 22.0 Å². The molecule has 0 spiro atoms. The van der Waals surface area contributed by atoms with Crippen molar-refractivity contribution in [3.63, 3.8) is 0 Å². The Balaban J connectivity index is 1.75. The second-order valence-corrected chi connectivity index (χ2v) is 8.65. The summed E-state index contributed by atoms with van der Waals surface area (Å²) >= 11 is 0. The van der Waals surface area contributed by atoms with Gasteiger partial charge in [-0.25, -0.2) is 4.39 Å². The minimum absolute atomic E-state index is 0.0124. The Morgan fingerprint density at radius 3 is 2.47 bits per heavy atom. The van der Waals surface area contributed by atoms with E-state index in [4.69, 9.17) is 4.42 Å². The number of rotatable bonds is 5. The lowest BCUT2D eigenvalue weighted by atomic mass is 10.1. The fraction of sp³-hybridized carbons (Fsp3) is 0.0435. The summed E-state index contributed by atoms with van der Waals surface area (Å²) in [5.74, 6) is -1.15. The number of amides is 1. The van der Waals surface area contributed by atoms with Crippen LogP contribution in [0, 0.1) is 12.7 Å². The van der Waals surface area contributed by atoms with Crippen LogP contribution in [0.4, 0.5) is 10.1 Å². The third-order valence-electron chi connectivity index (χ3n) is 4.58. The van der Waals surface area contributed by atoms with Crippen LogP contribution in [0.15, 0.2) is 93.3 Å². The molecule has 0 aliphatic carbocycles. The average Bonchev–Trinajstić information content (AvgIpc) is 2.77. The lowest BCUT2D eigenvalue weighted by Crippen LogP contribution is -2.27. The number of carbonyl (C=O) groups excluding carboxylic acids is 1. The third-order valence-corrected chi connectivity index (χ3v) is 5.81. The number of carbonyl (C=O) groups is 1. The van der Waals surface area contributed by atoms with E-state index >= 15 is 0 Å². The highest BCUT2D eigenvalue weighted by molar-refractivity contribution is 7.89. The van der Waals surface area contributed by atoms with Crippen molar-refractivity contribution in [3.8, 4) is 0 Å². The first kappa shape index (κ1) is 21.3. The summed E-state index contributed by atoms with van der Waals surface area (Å²) in [6, 6.07) is 20.0. The zero-order chi connectivity index (χ0) is 22.7. The van der Waals surface area contributed by atoms with Gasteiger partial charge in [0.1, 0.15) is 17.0 Å². The SMILES string of the molecule is Cc1ccc(S(=O)(=O)N/N=c2\oc3ccccc3cc2C(=O)Nc2cccc(F)c2)cc1. The van der Waals surface area contributed by atoms with Gasteiger partial charge in [0.25, 0.3) is 15.9 Å². The molecule has 0 aliphatic heterocycles. The molecule has 9 heteroatoms. The van der Waals surface area contributed by atoms with Crippen LogP contribution in [-0.2, 0) is 10.0 Å². The first-order valence-electron chi connectivity index (χ1n) is 9.54. The fourth-order valence-electron chi connectivity index (χ4n) is 2.95. The molecule has 0 unspecified atom stereocenters. The minimum Gasteiger partial charge on any atom is -0.436 e. The lowest BCUT2D eigenvalue weighted by molar-refractivity contribution is 0.102. The molecule has 7 nitrogen and oxygen atoms in total. The Morgan fingerprint density at radius 1 is 0.969 bits per heavy atom. The molecule has 1 heterocycles. The Morgan fingerprint density at radius 2 is 1.72 bits per heavy atom. The number of nitrogens with zero attached hydrogens (tertiary/aromatic N) is 1. The number of hydrogen-bond acceptors (Lipinski definition) is 5. The van der Waals surface area contributed by atoms with E-state index in [1.165, 1.54) is 36.4 Å². The predicted octanol–water partition coefficient (Wildman–Crippen LogP) is 3.93. The molecule has 3 aromatic carbocycles. The van der Waals surface area contributed by atoms with E-state index in [-0.39, 0.29) is 21.7 Å². The van der Waals surface area contributed by atoms with Crippen LogP contribution < -0.4 is 15.7 Å². The van der Waals surface area contributed by atoms with Gasteiger partial charge >= 0.3 is 0 Å². The number of sulfonamides is 1. The van der Waals surface area contributed by atoms with Gasteiger partial charge < -0.3 is 9.73 Å². The van der Waals surface area contributed by atoms with Crippen molar-refractivity contribution >= 4 is 32.6 Å². The van der Waals surface area contributed by atoms with Crippen LogP contribution in [0.5, 0.6) is 0 Å². The molecule has 0 saturated carbocycles. The summed E-state index contributed by atoms with van der Waals surface area (Å²) < 4.78 is 44.4. The Labute approximate surface area is 183 Å². The molecule has 2 N–H and O–H groups in total. The van der Waals surface area contributed by atoms with Crippen molar-refractivity contribution in [1.82, 2.24) is 4.83 Å². The molecule has 0 radical (unpaired) electrons. The number of nitrogens with one attached hydrogen (secondary N) is 2. The predicted molar refractivity (Wildman–Crippen MR) is 118 cm³/mol. The topological polar surface area (TPSA) is 101 Å². The molecular weight excluding hydrogens is 433 g/mol. The van der Waals surface area contributed by atoms with Gasteiger partial charge in [-0.15, -0.1) is 5.10 Å². The van der Waals surface area contributed by atoms with E-state index in [0.717, 1.165) is 11.6 Å². The molecule has 1 aromatic heterocycles. The van der Waals surface area contributed by atoms with Gasteiger partial charge in [-0.3, -0.25) is 4.79 Å². The normalized spacial score (nSPS) is 12.0. The largest absolute Gasteiger partial charge is 0.436 e. The maximum absolute atomic E-state index is 13.5. The number of hydrogen-bond donors (Lipinski definition) is 2. The average molecular weight is 451 g/mol. The van der Waals surface area contributed by atoms with Crippen LogP contribution in [0.2, 0.25) is 0 Å². The number of halogens is 1. The van der Waals surface area contributed by atoms with Gasteiger partial charge in [-0.2, -0.15) is 13.2 Å². The van der Waals surface area contributed by atoms with E-state index in [2.05, 4.69) is 15.2 Å². The molecule has 0 aliphatic rings. The smallest absolute Gasteiger partial charge is 0.276 e. The zero-order valence-electron chi connectivity index (χ0n) is 16.9. The number of fused-ring (bicyclic) bond motifs is 1. The molecule has 162 valence electrons. The van der Waals surface area contributed by atoms with Gasteiger partial charge in [0.05, 0.1) is 4.90 Å². The number of aryl methyl sites for hydroxylation is 1. The maximum atomic E-state index is 13.5. The third kappa shape index (κ3) is 4.68. The Hall–Kier alpha value is -3.98. The van der Waals surface area contributed by atoms with Crippen LogP contribution >= 0.6 is 0 Å². The Bertz CT molecular complexity index is 1480. The molecule has 4 rings (SSSR count). The maximum Gasteiger partial charge on any atom is 0.276 e. The first-order chi connectivity index (χ1) is 15.3. The molecule has 0 bridgehead atoms. The minimum atomic E-state index is -3.99. The monoisotopic (exact) mass is 451 g/mol. The van der Waals surface area contributed by atoms with E-state index in [9.17, 15) is 17.6 Å². The summed E-state index contributed by atoms with van der Waals surface area (Å²) in [6.07, 6.45) is 0. The van der Waals surface area contributed by atoms with Crippen LogP contribution in [0.25, 0.3) is 11.0 Å². The van der Waals surface area contributed by atoms with Crippen LogP contribution in [0.3, 0.4) is 0 Å². The highest BCUT2D eigenvalue weighted by atomic mass is 32.2. The van der Waals surface area contributed by atoms with Gasteiger partial charge in [0, 0.05) is 11.1 Å². The van der Waals surface area contributed by atoms with E-state index in [1.807, 2.05) is 6.92 Å². The quantitative estimate of drug-likeness (QED) is 0.449. The standard InChI is InChI=1S/C23H18FN3O4S/c1-15-9-11-19(12-10-15)32(29,30)27-26-23-20(13-16-5-2-3-8-21(16)31-23)22(28)25-18-7-4-6-17(24)14-18/h2-14,27H,1H3,(H,25,28)/b26-23-. The van der Waals surface area contributed by atoms with Crippen LogP contribution in [0.1, 0.15) is 15.9 Å².